The second kappa shape index (κ2) is 5.98. The molecular weight excluding hydrogens is 302 g/mol. The molecule has 0 saturated heterocycles. The van der Waals surface area contributed by atoms with E-state index in [1.807, 2.05) is 12.1 Å². The first-order valence-electron chi connectivity index (χ1n) is 5.69. The molecule has 1 aromatic heterocycles. The van der Waals surface area contributed by atoms with Crippen molar-refractivity contribution in [3.63, 3.8) is 0 Å². The molecule has 7 heteroatoms. The van der Waals surface area contributed by atoms with Crippen molar-refractivity contribution in [1.29, 1.82) is 0 Å². The minimum Gasteiger partial charge on any atom is -0.420 e. The van der Waals surface area contributed by atoms with Gasteiger partial charge in [0.15, 0.2) is 0 Å². The van der Waals surface area contributed by atoms with Crippen molar-refractivity contribution < 1.29 is 4.42 Å². The lowest BCUT2D eigenvalue weighted by atomic mass is 10.2. The molecule has 0 radical (unpaired) electrons. The van der Waals surface area contributed by atoms with Crippen LogP contribution in [0.5, 0.6) is 0 Å². The topological polar surface area (TPSA) is 51.3 Å². The second-order valence-corrected chi connectivity index (χ2v) is 6.54. The number of halogens is 1. The molecular formula is C12H10ClN3OS2. The molecule has 0 aliphatic carbocycles. The van der Waals surface area contributed by atoms with Gasteiger partial charge in [-0.1, -0.05) is 35.1 Å². The molecule has 0 N–H and O–H groups in total. The molecule has 98 valence electrons. The van der Waals surface area contributed by atoms with E-state index in [0.717, 1.165) is 22.2 Å². The van der Waals surface area contributed by atoms with Gasteiger partial charge in [-0.25, -0.2) is 0 Å². The van der Waals surface area contributed by atoms with Crippen molar-refractivity contribution in [2.24, 2.45) is 4.99 Å². The molecule has 1 aliphatic rings. The van der Waals surface area contributed by atoms with E-state index in [9.17, 15) is 0 Å². The van der Waals surface area contributed by atoms with Crippen molar-refractivity contribution in [2.75, 3.05) is 12.3 Å². The van der Waals surface area contributed by atoms with E-state index < -0.39 is 0 Å². The molecule has 1 aromatic carbocycles. The maximum absolute atomic E-state index is 5.84. The fourth-order valence-electron chi connectivity index (χ4n) is 1.55. The SMILES string of the molecule is Clc1ccc(-c2nnc(CSC3=NCCS3)o2)cc1. The van der Waals surface area contributed by atoms with Crippen LogP contribution in [0.25, 0.3) is 11.5 Å². The zero-order valence-electron chi connectivity index (χ0n) is 9.88. The minimum absolute atomic E-state index is 0.522. The van der Waals surface area contributed by atoms with Crippen molar-refractivity contribution in [1.82, 2.24) is 10.2 Å². The first kappa shape index (κ1) is 13.0. The van der Waals surface area contributed by atoms with E-state index in [-0.39, 0.29) is 0 Å². The van der Waals surface area contributed by atoms with E-state index in [4.69, 9.17) is 16.0 Å². The van der Waals surface area contributed by atoms with Crippen LogP contribution in [0.1, 0.15) is 5.89 Å². The van der Waals surface area contributed by atoms with Crippen molar-refractivity contribution >= 4 is 39.5 Å². The summed E-state index contributed by atoms with van der Waals surface area (Å²) in [5, 5.41) is 8.77. The third kappa shape index (κ3) is 3.32. The monoisotopic (exact) mass is 311 g/mol. The molecule has 1 aliphatic heterocycles. The largest absolute Gasteiger partial charge is 0.420 e. The number of hydrogen-bond donors (Lipinski definition) is 0. The summed E-state index contributed by atoms with van der Waals surface area (Å²) in [4.78, 5) is 4.36. The predicted molar refractivity (Wildman–Crippen MR) is 80.8 cm³/mol. The van der Waals surface area contributed by atoms with Gasteiger partial charge in [-0.15, -0.1) is 10.2 Å². The summed E-state index contributed by atoms with van der Waals surface area (Å²) in [5.41, 5.74) is 0.876. The number of nitrogens with zero attached hydrogens (tertiary/aromatic N) is 3. The molecule has 0 bridgehead atoms. The van der Waals surface area contributed by atoms with Crippen molar-refractivity contribution in [3.8, 4) is 11.5 Å². The number of benzene rings is 1. The van der Waals surface area contributed by atoms with E-state index in [0.29, 0.717) is 22.6 Å². The van der Waals surface area contributed by atoms with Crippen LogP contribution in [0.15, 0.2) is 33.7 Å². The highest BCUT2D eigenvalue weighted by Crippen LogP contribution is 2.26. The normalized spacial score (nSPS) is 14.7. The van der Waals surface area contributed by atoms with Crippen LogP contribution in [0.4, 0.5) is 0 Å². The number of aromatic nitrogens is 2. The van der Waals surface area contributed by atoms with Gasteiger partial charge in [0, 0.05) is 16.3 Å². The zero-order chi connectivity index (χ0) is 13.1. The van der Waals surface area contributed by atoms with Gasteiger partial charge in [0.2, 0.25) is 11.8 Å². The Morgan fingerprint density at radius 2 is 2.11 bits per heavy atom. The highest BCUT2D eigenvalue weighted by molar-refractivity contribution is 8.38. The summed E-state index contributed by atoms with van der Waals surface area (Å²) >= 11 is 9.26. The van der Waals surface area contributed by atoms with Gasteiger partial charge in [-0.2, -0.15) is 0 Å². The van der Waals surface area contributed by atoms with Crippen LogP contribution < -0.4 is 0 Å². The third-order valence-electron chi connectivity index (χ3n) is 2.43. The Hall–Kier alpha value is -0.980. The van der Waals surface area contributed by atoms with Crippen LogP contribution in [0, 0.1) is 0 Å². The molecule has 0 atom stereocenters. The Bertz CT molecular complexity index is 597. The Morgan fingerprint density at radius 1 is 1.26 bits per heavy atom. The molecule has 0 spiro atoms. The lowest BCUT2D eigenvalue weighted by molar-refractivity contribution is 0.529. The molecule has 2 heterocycles. The molecule has 4 nitrogen and oxygen atoms in total. The Kier molecular flexibility index (Phi) is 4.10. The standard InChI is InChI=1S/C12H10ClN3OS2/c13-9-3-1-8(2-4-9)11-16-15-10(17-11)7-19-12-14-5-6-18-12/h1-4H,5-7H2. The summed E-state index contributed by atoms with van der Waals surface area (Å²) in [6, 6.07) is 7.34. The second-order valence-electron chi connectivity index (χ2n) is 3.79. The number of hydrogen-bond acceptors (Lipinski definition) is 6. The summed E-state index contributed by atoms with van der Waals surface area (Å²) in [5.74, 6) is 2.87. The van der Waals surface area contributed by atoms with Crippen LogP contribution in [0.2, 0.25) is 5.02 Å². The van der Waals surface area contributed by atoms with Gasteiger partial charge < -0.3 is 4.42 Å². The van der Waals surface area contributed by atoms with E-state index >= 15 is 0 Å². The summed E-state index contributed by atoms with van der Waals surface area (Å²) in [6.45, 7) is 0.910. The van der Waals surface area contributed by atoms with Crippen molar-refractivity contribution in [3.05, 3.63) is 35.2 Å². The average molecular weight is 312 g/mol. The highest BCUT2D eigenvalue weighted by atomic mass is 35.5. The third-order valence-corrected chi connectivity index (χ3v) is 4.92. The van der Waals surface area contributed by atoms with Crippen LogP contribution in [-0.4, -0.2) is 26.9 Å². The van der Waals surface area contributed by atoms with E-state index in [1.165, 1.54) is 0 Å². The maximum Gasteiger partial charge on any atom is 0.247 e. The molecule has 0 saturated carbocycles. The van der Waals surface area contributed by atoms with Crippen molar-refractivity contribution in [2.45, 2.75) is 5.75 Å². The molecule has 0 amide bonds. The smallest absolute Gasteiger partial charge is 0.247 e. The number of thioether (sulfide) groups is 2. The first-order chi connectivity index (χ1) is 9.31. The summed E-state index contributed by atoms with van der Waals surface area (Å²) < 4.78 is 6.72. The van der Waals surface area contributed by atoms with Gasteiger partial charge in [-0.05, 0) is 24.3 Å². The number of aliphatic imine (C=N–C) groups is 1. The van der Waals surface area contributed by atoms with E-state index in [2.05, 4.69) is 15.2 Å². The zero-order valence-corrected chi connectivity index (χ0v) is 12.3. The fraction of sp³-hybridized carbons (Fsp3) is 0.250. The van der Waals surface area contributed by atoms with Gasteiger partial charge in [-0.3, -0.25) is 4.99 Å². The lowest BCUT2D eigenvalue weighted by Gasteiger charge is -1.96. The summed E-state index contributed by atoms with van der Waals surface area (Å²) in [6.07, 6.45) is 0. The number of rotatable bonds is 3. The quantitative estimate of drug-likeness (QED) is 0.864. The minimum atomic E-state index is 0.522. The van der Waals surface area contributed by atoms with E-state index in [1.54, 1.807) is 35.7 Å². The Balaban J connectivity index is 1.67. The van der Waals surface area contributed by atoms with Gasteiger partial charge >= 0.3 is 0 Å². The van der Waals surface area contributed by atoms with Crippen LogP contribution in [-0.2, 0) is 5.75 Å². The Labute approximate surface area is 124 Å². The molecule has 0 unspecified atom stereocenters. The maximum atomic E-state index is 5.84. The summed E-state index contributed by atoms with van der Waals surface area (Å²) in [7, 11) is 0. The molecule has 2 aromatic rings. The van der Waals surface area contributed by atoms with Crippen LogP contribution in [0.3, 0.4) is 0 Å². The lowest BCUT2D eigenvalue weighted by Crippen LogP contribution is -1.84. The molecule has 3 rings (SSSR count). The fourth-order valence-corrected chi connectivity index (χ4v) is 3.52. The molecule has 0 fully saturated rings. The highest BCUT2D eigenvalue weighted by Gasteiger charge is 2.12. The average Bonchev–Trinajstić information content (AvgIpc) is 3.09. The predicted octanol–water partition coefficient (Wildman–Crippen LogP) is 3.73. The molecule has 19 heavy (non-hydrogen) atoms. The van der Waals surface area contributed by atoms with Crippen LogP contribution >= 0.6 is 35.1 Å². The van der Waals surface area contributed by atoms with Gasteiger partial charge in [0.25, 0.3) is 0 Å². The Morgan fingerprint density at radius 3 is 2.84 bits per heavy atom. The van der Waals surface area contributed by atoms with Gasteiger partial charge in [0.05, 0.1) is 12.3 Å². The first-order valence-corrected chi connectivity index (χ1v) is 8.04. The van der Waals surface area contributed by atoms with Gasteiger partial charge in [0.1, 0.15) is 4.38 Å².